The van der Waals surface area contributed by atoms with Crippen LogP contribution in [0.25, 0.3) is 27.9 Å². The molecule has 4 heterocycles. The summed E-state index contributed by atoms with van der Waals surface area (Å²) in [6.07, 6.45) is 3.86. The molecule has 1 aliphatic carbocycles. The Hall–Kier alpha value is -4.79. The second kappa shape index (κ2) is 10.9. The number of pyridine rings is 1. The monoisotopic (exact) mass is 675 g/mol. The maximum atomic E-state index is 13.8. The number of halogens is 1. The van der Waals surface area contributed by atoms with Gasteiger partial charge >= 0.3 is 0 Å². The van der Waals surface area contributed by atoms with Gasteiger partial charge in [0.05, 0.1) is 46.4 Å². The number of carbonyl (C=O) groups excluding carboxylic acids is 1. The zero-order valence-corrected chi connectivity index (χ0v) is 27.4. The largest absolute Gasteiger partial charge is 0.356 e. The highest BCUT2D eigenvalue weighted by Crippen LogP contribution is 2.46. The molecule has 0 saturated heterocycles. The molecule has 1 N–H and O–H groups in total. The minimum absolute atomic E-state index is 0.0620. The minimum Gasteiger partial charge on any atom is -0.356 e. The molecule has 0 saturated carbocycles. The van der Waals surface area contributed by atoms with Crippen molar-refractivity contribution in [2.45, 2.75) is 18.9 Å². The van der Waals surface area contributed by atoms with Crippen molar-refractivity contribution in [3.63, 3.8) is 0 Å². The average Bonchev–Trinajstić information content (AvgIpc) is 3.60. The number of nitrogens with one attached hydrogen (secondary N) is 1. The van der Waals surface area contributed by atoms with E-state index in [1.807, 2.05) is 34.9 Å². The summed E-state index contributed by atoms with van der Waals surface area (Å²) in [5.74, 6) is -0.850. The van der Waals surface area contributed by atoms with Gasteiger partial charge in [-0.25, -0.2) is 30.5 Å². The number of ether oxygens (including phenoxy) is 1. The molecule has 47 heavy (non-hydrogen) atoms. The first-order valence-electron chi connectivity index (χ1n) is 14.6. The van der Waals surface area contributed by atoms with Crippen LogP contribution >= 0.6 is 0 Å². The smallest absolute Gasteiger partial charge is 0.250 e. The van der Waals surface area contributed by atoms with E-state index in [1.54, 1.807) is 24.3 Å². The fourth-order valence-corrected chi connectivity index (χ4v) is 7.66. The van der Waals surface area contributed by atoms with Gasteiger partial charge in [0.25, 0.3) is 0 Å². The first-order chi connectivity index (χ1) is 22.3. The van der Waals surface area contributed by atoms with Gasteiger partial charge in [-0.05, 0) is 59.7 Å². The second-order valence-electron chi connectivity index (χ2n) is 11.6. The van der Waals surface area contributed by atoms with Crippen molar-refractivity contribution < 1.29 is 30.8 Å². The Morgan fingerprint density at radius 2 is 1.77 bits per heavy atom. The van der Waals surface area contributed by atoms with Crippen molar-refractivity contribution in [3.8, 4) is 11.4 Å². The molecule has 0 fully saturated rings. The van der Waals surface area contributed by atoms with Crippen LogP contribution in [0.15, 0.2) is 95.7 Å². The first-order valence-corrected chi connectivity index (χ1v) is 18.3. The molecule has 0 bridgehead atoms. The van der Waals surface area contributed by atoms with Crippen LogP contribution in [0.4, 0.5) is 10.1 Å². The molecule has 0 spiro atoms. The van der Waals surface area contributed by atoms with Crippen LogP contribution in [0.1, 0.15) is 17.4 Å². The molecule has 1 amide bonds. The van der Waals surface area contributed by atoms with Gasteiger partial charge in [0.2, 0.25) is 26.0 Å². The lowest BCUT2D eigenvalue weighted by Crippen LogP contribution is -2.35. The summed E-state index contributed by atoms with van der Waals surface area (Å²) in [4.78, 5) is 18.3. The summed E-state index contributed by atoms with van der Waals surface area (Å²) in [7, 11) is -4.58. The molecule has 2 aliphatic heterocycles. The van der Waals surface area contributed by atoms with E-state index in [4.69, 9.17) is 9.72 Å². The van der Waals surface area contributed by atoms with Gasteiger partial charge in [-0.1, -0.05) is 30.3 Å². The van der Waals surface area contributed by atoms with Crippen molar-refractivity contribution in [2.75, 3.05) is 30.9 Å². The molecule has 0 radical (unpaired) electrons. The maximum Gasteiger partial charge on any atom is 0.250 e. The van der Waals surface area contributed by atoms with Crippen LogP contribution in [0.2, 0.25) is 0 Å². The number of nitrogens with zero attached hydrogens (tertiary/aromatic N) is 4. The van der Waals surface area contributed by atoms with Crippen LogP contribution in [-0.4, -0.2) is 69.3 Å². The van der Waals surface area contributed by atoms with Crippen LogP contribution < -0.4 is 9.62 Å². The lowest BCUT2D eigenvalue weighted by Gasteiger charge is -2.32. The number of sulfonamides is 2. The molecule has 2 unspecified atom stereocenters. The van der Waals surface area contributed by atoms with E-state index in [-0.39, 0.29) is 12.4 Å². The number of amides is 1. The predicted octanol–water partition coefficient (Wildman–Crippen LogP) is 3.93. The Labute approximate surface area is 271 Å². The maximum absolute atomic E-state index is 13.8. The highest BCUT2D eigenvalue weighted by Gasteiger charge is 2.41. The van der Waals surface area contributed by atoms with Crippen LogP contribution in [0.5, 0.6) is 0 Å². The van der Waals surface area contributed by atoms with E-state index in [0.717, 1.165) is 27.7 Å². The minimum atomic E-state index is -3.78. The van der Waals surface area contributed by atoms with E-state index >= 15 is 0 Å². The van der Waals surface area contributed by atoms with Crippen LogP contribution in [0.3, 0.4) is 0 Å². The van der Waals surface area contributed by atoms with Gasteiger partial charge in [0, 0.05) is 25.1 Å². The average molecular weight is 676 g/mol. The van der Waals surface area contributed by atoms with Crippen molar-refractivity contribution >= 4 is 48.1 Å². The molecule has 2 aromatic carbocycles. The molecular weight excluding hydrogens is 646 g/mol. The summed E-state index contributed by atoms with van der Waals surface area (Å²) in [5.41, 5.74) is 4.65. The van der Waals surface area contributed by atoms with E-state index in [9.17, 15) is 26.0 Å². The molecule has 3 aliphatic rings. The summed E-state index contributed by atoms with van der Waals surface area (Å²) < 4.78 is 76.2. The van der Waals surface area contributed by atoms with Crippen molar-refractivity contribution in [2.24, 2.45) is 0 Å². The Bertz CT molecular complexity index is 2310. The number of fused-ring (bicyclic) bond motifs is 6. The lowest BCUT2D eigenvalue weighted by atomic mass is 9.90. The number of para-hydroxylation sites is 1. The first kappa shape index (κ1) is 30.8. The molecule has 14 heteroatoms. The molecule has 4 aromatic rings. The predicted molar refractivity (Wildman–Crippen MR) is 176 cm³/mol. The third-order valence-electron chi connectivity index (χ3n) is 8.67. The van der Waals surface area contributed by atoms with Crippen LogP contribution in [0, 0.1) is 5.82 Å². The molecule has 7 rings (SSSR count). The number of hydrogen-bond donors (Lipinski definition) is 1. The molecule has 242 valence electrons. The number of hydrogen-bond acceptors (Lipinski definition) is 7. The van der Waals surface area contributed by atoms with Crippen molar-refractivity contribution in [1.29, 1.82) is 0 Å². The third kappa shape index (κ3) is 5.12. The Kier molecular flexibility index (Phi) is 7.15. The lowest BCUT2D eigenvalue weighted by molar-refractivity contribution is -0.118. The highest BCUT2D eigenvalue weighted by atomic mass is 32.2. The summed E-state index contributed by atoms with van der Waals surface area (Å²) >= 11 is 0. The Balaban J connectivity index is 1.46. The number of likely N-dealkylation sites (N-methyl/N-ethyl adjacent to an activating group) is 2. The van der Waals surface area contributed by atoms with E-state index < -0.39 is 44.0 Å². The summed E-state index contributed by atoms with van der Waals surface area (Å²) in [6.45, 7) is 0.0620. The summed E-state index contributed by atoms with van der Waals surface area (Å²) in [5, 5.41) is 3.57. The zero-order valence-electron chi connectivity index (χ0n) is 25.8. The molecule has 2 atom stereocenters. The quantitative estimate of drug-likeness (QED) is 0.328. The highest BCUT2D eigenvalue weighted by molar-refractivity contribution is 7.92. The van der Waals surface area contributed by atoms with E-state index in [1.165, 1.54) is 42.7 Å². The van der Waals surface area contributed by atoms with Gasteiger partial charge in [-0.2, -0.15) is 0 Å². The van der Waals surface area contributed by atoms with Crippen molar-refractivity contribution in [1.82, 2.24) is 19.2 Å². The molecular formula is C33H30FN5O6S2. The van der Waals surface area contributed by atoms with Crippen LogP contribution in [-0.2, 0) is 36.2 Å². The van der Waals surface area contributed by atoms with E-state index in [0.29, 0.717) is 45.1 Å². The van der Waals surface area contributed by atoms with Gasteiger partial charge in [-0.15, -0.1) is 0 Å². The zero-order chi connectivity index (χ0) is 33.4. The number of benzene rings is 2. The SMILES string of the molecule is CNC(=O)C1=C2C=C(c3ccc4c(n3)-c3cc5ccccc5n3CN4S(C)(=O)=O)C(N(C)S(C)(=O)=O)=CC2OC1c1ccc(F)cc1. The number of aromatic nitrogens is 2. The van der Waals surface area contributed by atoms with Gasteiger partial charge in [0.1, 0.15) is 30.4 Å². The molecule has 2 aromatic heterocycles. The van der Waals surface area contributed by atoms with Gasteiger partial charge in [0.15, 0.2) is 0 Å². The summed E-state index contributed by atoms with van der Waals surface area (Å²) in [6, 6.07) is 18.5. The third-order valence-corrected chi connectivity index (χ3v) is 11.0. The Morgan fingerprint density at radius 1 is 1.04 bits per heavy atom. The number of rotatable bonds is 6. The van der Waals surface area contributed by atoms with E-state index in [2.05, 4.69) is 5.32 Å². The Morgan fingerprint density at radius 3 is 2.45 bits per heavy atom. The van der Waals surface area contributed by atoms with Gasteiger partial charge in [-0.3, -0.25) is 9.10 Å². The number of carbonyl (C=O) groups is 1. The fraction of sp³-hybridized carbons (Fsp3) is 0.212. The van der Waals surface area contributed by atoms with Gasteiger partial charge < -0.3 is 14.6 Å². The van der Waals surface area contributed by atoms with Crippen molar-refractivity contribution in [3.05, 3.63) is 113 Å². The second-order valence-corrected chi connectivity index (χ2v) is 15.5. The topological polar surface area (TPSA) is 131 Å². The standard InChI is InChI=1S/C33H30FN5O6S2/c1-35-33(40)30-23-16-22(27(37(2)46(3,41)42)17-29(23)45-32(30)19-9-11-21(34)12-10-19)24-13-14-26-31(36-24)28-15-20-7-5-6-8-25(20)38(28)18-39(26)47(4,43)44/h5-17,29,32H,18H2,1-4H3,(H,35,40). The number of allylic oxidation sites excluding steroid dienone is 1. The molecule has 11 nitrogen and oxygen atoms in total. The fourth-order valence-electron chi connectivity index (χ4n) is 6.31. The normalized spacial score (nSPS) is 19.1. The number of anilines is 1.